The summed E-state index contributed by atoms with van der Waals surface area (Å²) in [7, 11) is 0. The number of alkyl halides is 1. The molecule has 0 bridgehead atoms. The summed E-state index contributed by atoms with van der Waals surface area (Å²) in [5.41, 5.74) is 3.75. The topological polar surface area (TPSA) is 71.8 Å². The number of nitrogens with one attached hydrogen (secondary N) is 1. The molecule has 1 saturated carbocycles. The van der Waals surface area contributed by atoms with E-state index >= 15 is 0 Å². The first-order chi connectivity index (χ1) is 11.1. The Bertz CT molecular complexity index is 850. The fourth-order valence-electron chi connectivity index (χ4n) is 2.55. The van der Waals surface area contributed by atoms with Crippen LogP contribution in [0.3, 0.4) is 0 Å². The zero-order chi connectivity index (χ0) is 16.0. The van der Waals surface area contributed by atoms with Crippen molar-refractivity contribution in [1.29, 1.82) is 0 Å². The Labute approximate surface area is 142 Å². The molecular formula is C16H17BrN6. The number of fused-ring (bicyclic) bond motifs is 1. The van der Waals surface area contributed by atoms with E-state index in [4.69, 9.17) is 0 Å². The highest BCUT2D eigenvalue weighted by Gasteiger charge is 2.31. The van der Waals surface area contributed by atoms with Crippen molar-refractivity contribution in [3.63, 3.8) is 0 Å². The summed E-state index contributed by atoms with van der Waals surface area (Å²) in [5.74, 6) is 2.21. The number of halogens is 1. The maximum atomic E-state index is 4.52. The van der Waals surface area contributed by atoms with Gasteiger partial charge in [0.15, 0.2) is 11.5 Å². The summed E-state index contributed by atoms with van der Waals surface area (Å²) in [4.78, 5) is 17.0. The molecule has 7 heteroatoms. The van der Waals surface area contributed by atoms with Crippen molar-refractivity contribution in [3.8, 4) is 0 Å². The second kappa shape index (κ2) is 5.56. The van der Waals surface area contributed by atoms with Crippen molar-refractivity contribution >= 4 is 33.7 Å². The van der Waals surface area contributed by atoms with Crippen molar-refractivity contribution in [3.05, 3.63) is 41.1 Å². The molecule has 0 aromatic carbocycles. The third-order valence-corrected chi connectivity index (χ3v) is 5.31. The van der Waals surface area contributed by atoms with Gasteiger partial charge in [-0.3, -0.25) is 4.98 Å². The molecule has 0 saturated heterocycles. The van der Waals surface area contributed by atoms with Crippen LogP contribution in [0.15, 0.2) is 12.4 Å². The number of rotatable bonds is 4. The molecule has 3 aromatic heterocycles. The highest BCUT2D eigenvalue weighted by atomic mass is 79.9. The molecule has 0 aliphatic heterocycles. The maximum Gasteiger partial charge on any atom is 0.177 e. The monoisotopic (exact) mass is 372 g/mol. The van der Waals surface area contributed by atoms with Crippen LogP contribution in [0, 0.1) is 19.8 Å². The lowest BCUT2D eigenvalue weighted by atomic mass is 10.2. The molecule has 0 spiro atoms. The van der Waals surface area contributed by atoms with E-state index in [9.17, 15) is 0 Å². The van der Waals surface area contributed by atoms with E-state index in [0.717, 1.165) is 34.5 Å². The molecule has 0 radical (unpaired) electrons. The Hall–Kier alpha value is -2.02. The van der Waals surface area contributed by atoms with Gasteiger partial charge in [0.05, 0.1) is 16.2 Å². The van der Waals surface area contributed by atoms with E-state index in [-0.39, 0.29) is 0 Å². The number of aromatic amines is 1. The second-order valence-electron chi connectivity index (χ2n) is 5.99. The van der Waals surface area contributed by atoms with Gasteiger partial charge in [0.1, 0.15) is 5.82 Å². The average molecular weight is 373 g/mol. The summed E-state index contributed by atoms with van der Waals surface area (Å²) >= 11 is 3.73. The molecular weight excluding hydrogens is 356 g/mol. The molecule has 1 unspecified atom stereocenters. The molecule has 1 N–H and O–H groups in total. The summed E-state index contributed by atoms with van der Waals surface area (Å²) < 4.78 is 1.82. The fourth-order valence-corrected chi connectivity index (χ4v) is 3.32. The first-order valence-corrected chi connectivity index (χ1v) is 8.59. The van der Waals surface area contributed by atoms with Crippen LogP contribution in [0.1, 0.15) is 46.4 Å². The van der Waals surface area contributed by atoms with Gasteiger partial charge >= 0.3 is 0 Å². The Balaban J connectivity index is 1.59. The van der Waals surface area contributed by atoms with Gasteiger partial charge < -0.3 is 4.98 Å². The van der Waals surface area contributed by atoms with E-state index in [0.29, 0.717) is 10.7 Å². The van der Waals surface area contributed by atoms with E-state index in [2.05, 4.69) is 41.0 Å². The van der Waals surface area contributed by atoms with Crippen LogP contribution in [0.5, 0.6) is 0 Å². The lowest BCUT2D eigenvalue weighted by molar-refractivity contribution is 0.801. The summed E-state index contributed by atoms with van der Waals surface area (Å²) in [5, 5.41) is 4.50. The zero-order valence-electron chi connectivity index (χ0n) is 13.0. The van der Waals surface area contributed by atoms with Crippen molar-refractivity contribution in [2.24, 2.45) is 5.92 Å². The maximum absolute atomic E-state index is 4.52. The van der Waals surface area contributed by atoms with Gasteiger partial charge in [-0.05, 0) is 44.8 Å². The van der Waals surface area contributed by atoms with Gasteiger partial charge in [0.2, 0.25) is 0 Å². The molecule has 6 nitrogen and oxygen atoms in total. The minimum absolute atomic E-state index is 0.377. The molecule has 23 heavy (non-hydrogen) atoms. The molecule has 3 heterocycles. The van der Waals surface area contributed by atoms with Gasteiger partial charge in [0, 0.05) is 18.1 Å². The first kappa shape index (κ1) is 14.6. The number of H-pyrrole nitrogens is 1. The average Bonchev–Trinajstić information content (AvgIpc) is 3.12. The van der Waals surface area contributed by atoms with Crippen molar-refractivity contribution < 1.29 is 0 Å². The highest BCUT2D eigenvalue weighted by molar-refractivity contribution is 9.09. The zero-order valence-corrected chi connectivity index (χ0v) is 14.6. The number of imidazole rings is 1. The normalized spacial score (nSPS) is 16.5. The predicted molar refractivity (Wildman–Crippen MR) is 92.2 cm³/mol. The Morgan fingerprint density at radius 2 is 2.09 bits per heavy atom. The lowest BCUT2D eigenvalue weighted by Gasteiger charge is -2.03. The Morgan fingerprint density at radius 3 is 2.83 bits per heavy atom. The van der Waals surface area contributed by atoms with Crippen LogP contribution in [0.25, 0.3) is 17.8 Å². The predicted octanol–water partition coefficient (Wildman–Crippen LogP) is 3.48. The van der Waals surface area contributed by atoms with E-state index < -0.39 is 0 Å². The summed E-state index contributed by atoms with van der Waals surface area (Å²) in [6.07, 6.45) is 10.1. The van der Waals surface area contributed by atoms with Crippen LogP contribution in [0.2, 0.25) is 0 Å². The molecule has 1 atom stereocenters. The minimum atomic E-state index is 0.377. The molecule has 4 rings (SSSR count). The largest absolute Gasteiger partial charge is 0.341 e. The summed E-state index contributed by atoms with van der Waals surface area (Å²) in [6, 6.07) is 0. The Kier molecular flexibility index (Phi) is 3.52. The number of aromatic nitrogens is 6. The fraction of sp³-hybridized carbons (Fsp3) is 0.375. The molecule has 1 aliphatic carbocycles. The van der Waals surface area contributed by atoms with Crippen molar-refractivity contribution in [2.75, 3.05) is 0 Å². The van der Waals surface area contributed by atoms with E-state index in [1.807, 2.05) is 36.7 Å². The number of hydrogen-bond acceptors (Lipinski definition) is 4. The SMILES string of the molecule is Cc1ncc(C)n2nc(/C=C/c3ncc(C(Br)C4CC4)[nH]3)nc12. The van der Waals surface area contributed by atoms with Crippen LogP contribution in [0.4, 0.5) is 0 Å². The third kappa shape index (κ3) is 2.81. The van der Waals surface area contributed by atoms with E-state index in [1.165, 1.54) is 12.8 Å². The quantitative estimate of drug-likeness (QED) is 0.711. The molecule has 3 aromatic rings. The smallest absolute Gasteiger partial charge is 0.177 e. The lowest BCUT2D eigenvalue weighted by Crippen LogP contribution is -1.97. The number of nitrogens with zero attached hydrogens (tertiary/aromatic N) is 5. The number of hydrogen-bond donors (Lipinski definition) is 1. The van der Waals surface area contributed by atoms with Gasteiger partial charge in [-0.1, -0.05) is 15.9 Å². The van der Waals surface area contributed by atoms with Crippen molar-refractivity contribution in [1.82, 2.24) is 29.5 Å². The molecule has 1 fully saturated rings. The Morgan fingerprint density at radius 1 is 1.26 bits per heavy atom. The van der Waals surface area contributed by atoms with Gasteiger partial charge in [-0.15, -0.1) is 5.10 Å². The van der Waals surface area contributed by atoms with Crippen LogP contribution in [-0.4, -0.2) is 29.5 Å². The van der Waals surface area contributed by atoms with Gasteiger partial charge in [-0.25, -0.2) is 14.5 Å². The van der Waals surface area contributed by atoms with Crippen molar-refractivity contribution in [2.45, 2.75) is 31.5 Å². The first-order valence-electron chi connectivity index (χ1n) is 7.68. The molecule has 1 aliphatic rings. The van der Waals surface area contributed by atoms with E-state index in [1.54, 1.807) is 6.20 Å². The molecule has 118 valence electrons. The molecule has 0 amide bonds. The van der Waals surface area contributed by atoms with Crippen LogP contribution in [-0.2, 0) is 0 Å². The van der Waals surface area contributed by atoms with Gasteiger partial charge in [0.25, 0.3) is 0 Å². The second-order valence-corrected chi connectivity index (χ2v) is 6.97. The number of aryl methyl sites for hydroxylation is 2. The van der Waals surface area contributed by atoms with Crippen LogP contribution >= 0.6 is 15.9 Å². The van der Waals surface area contributed by atoms with Gasteiger partial charge in [-0.2, -0.15) is 0 Å². The van der Waals surface area contributed by atoms with Crippen LogP contribution < -0.4 is 0 Å². The summed E-state index contributed by atoms with van der Waals surface area (Å²) in [6.45, 7) is 3.90. The highest BCUT2D eigenvalue weighted by Crippen LogP contribution is 2.45. The standard InChI is InChI=1S/C16H17BrN6/c1-9-7-18-10(2)16-21-14(22-23(9)16)6-5-13-19-8-12(20-13)15(17)11-3-4-11/h5-8,11,15H,3-4H2,1-2H3,(H,19,20)/b6-5+. The minimum Gasteiger partial charge on any atom is -0.341 e. The third-order valence-electron chi connectivity index (χ3n) is 4.06.